The maximum Gasteiger partial charge on any atom is 0.233 e. The molecule has 150 valence electrons. The Morgan fingerprint density at radius 2 is 1.80 bits per heavy atom. The molecule has 1 aliphatic rings. The highest BCUT2D eigenvalue weighted by Crippen LogP contribution is 2.27. The van der Waals surface area contributed by atoms with Crippen molar-refractivity contribution in [2.24, 2.45) is 0 Å². The lowest BCUT2D eigenvalue weighted by molar-refractivity contribution is -0.129. The second-order valence-corrected chi connectivity index (χ2v) is 8.29. The summed E-state index contributed by atoms with van der Waals surface area (Å²) in [4.78, 5) is 24.0. The highest BCUT2D eigenvalue weighted by molar-refractivity contribution is 8.00. The van der Waals surface area contributed by atoms with Crippen molar-refractivity contribution in [2.75, 3.05) is 12.3 Å². The monoisotopic (exact) mass is 415 g/mol. The molecule has 6 nitrogen and oxygen atoms in total. The number of carbonyl (C=O) groups is 1. The molecule has 2 aromatic heterocycles. The van der Waals surface area contributed by atoms with Gasteiger partial charge < -0.3 is 4.90 Å². The SMILES string of the molecule is Cc1nc(SCC(=O)N2CCc3ccccc3C2)c2cnn(-c3ccccc3)c2n1. The van der Waals surface area contributed by atoms with Crippen LogP contribution < -0.4 is 0 Å². The van der Waals surface area contributed by atoms with Crippen LogP contribution in [0.25, 0.3) is 16.7 Å². The lowest BCUT2D eigenvalue weighted by Crippen LogP contribution is -2.37. The van der Waals surface area contributed by atoms with Crippen molar-refractivity contribution in [3.05, 3.63) is 77.7 Å². The van der Waals surface area contributed by atoms with Crippen LogP contribution in [0.5, 0.6) is 0 Å². The summed E-state index contributed by atoms with van der Waals surface area (Å²) >= 11 is 1.46. The molecule has 0 aliphatic carbocycles. The second kappa shape index (κ2) is 7.91. The highest BCUT2D eigenvalue weighted by Gasteiger charge is 2.21. The Morgan fingerprint density at radius 1 is 1.03 bits per heavy atom. The van der Waals surface area contributed by atoms with Crippen LogP contribution in [-0.4, -0.2) is 42.9 Å². The number of hydrogen-bond donors (Lipinski definition) is 0. The predicted molar refractivity (Wildman–Crippen MR) is 118 cm³/mol. The molecule has 30 heavy (non-hydrogen) atoms. The lowest BCUT2D eigenvalue weighted by Gasteiger charge is -2.28. The summed E-state index contributed by atoms with van der Waals surface area (Å²) in [5.74, 6) is 1.15. The Bertz CT molecular complexity index is 1220. The van der Waals surface area contributed by atoms with Gasteiger partial charge in [0, 0.05) is 13.1 Å². The molecule has 1 aliphatic heterocycles. The average Bonchev–Trinajstić information content (AvgIpc) is 3.21. The number of fused-ring (bicyclic) bond motifs is 2. The maximum absolute atomic E-state index is 12.9. The van der Waals surface area contributed by atoms with Crippen molar-refractivity contribution in [3.63, 3.8) is 0 Å². The first-order chi connectivity index (χ1) is 14.7. The van der Waals surface area contributed by atoms with Gasteiger partial charge in [-0.15, -0.1) is 0 Å². The van der Waals surface area contributed by atoms with E-state index in [1.807, 2.05) is 52.9 Å². The zero-order valence-corrected chi connectivity index (χ0v) is 17.5. The first kappa shape index (κ1) is 18.8. The Kier molecular flexibility index (Phi) is 4.96. The van der Waals surface area contributed by atoms with Gasteiger partial charge in [0.1, 0.15) is 10.9 Å². The zero-order valence-electron chi connectivity index (χ0n) is 16.7. The van der Waals surface area contributed by atoms with Gasteiger partial charge >= 0.3 is 0 Å². The van der Waals surface area contributed by atoms with Gasteiger partial charge in [0.15, 0.2) is 5.65 Å². The van der Waals surface area contributed by atoms with E-state index in [4.69, 9.17) is 0 Å². The molecule has 0 saturated heterocycles. The van der Waals surface area contributed by atoms with Crippen LogP contribution in [-0.2, 0) is 17.8 Å². The standard InChI is InChI=1S/C23H21N5OS/c1-16-25-22-20(13-24-28(22)19-9-3-2-4-10-19)23(26-16)30-15-21(29)27-12-11-17-7-5-6-8-18(17)14-27/h2-10,13H,11-12,14-15H2,1H3. The number of amides is 1. The molecule has 2 aromatic carbocycles. The molecule has 0 fully saturated rings. The topological polar surface area (TPSA) is 63.9 Å². The summed E-state index contributed by atoms with van der Waals surface area (Å²) in [7, 11) is 0. The number of benzene rings is 2. The average molecular weight is 416 g/mol. The van der Waals surface area contributed by atoms with E-state index in [9.17, 15) is 4.79 Å². The molecule has 0 bridgehead atoms. The van der Waals surface area contributed by atoms with Gasteiger partial charge in [-0.25, -0.2) is 14.6 Å². The fourth-order valence-electron chi connectivity index (χ4n) is 3.78. The largest absolute Gasteiger partial charge is 0.337 e. The van der Waals surface area contributed by atoms with E-state index in [0.29, 0.717) is 18.1 Å². The number of para-hydroxylation sites is 1. The van der Waals surface area contributed by atoms with E-state index < -0.39 is 0 Å². The van der Waals surface area contributed by atoms with Gasteiger partial charge in [-0.3, -0.25) is 4.79 Å². The Hall–Kier alpha value is -3.19. The van der Waals surface area contributed by atoms with E-state index >= 15 is 0 Å². The van der Waals surface area contributed by atoms with Crippen molar-refractivity contribution >= 4 is 28.7 Å². The fraction of sp³-hybridized carbons (Fsp3) is 0.217. The summed E-state index contributed by atoms with van der Waals surface area (Å²) < 4.78 is 1.82. The summed E-state index contributed by atoms with van der Waals surface area (Å²) in [6.07, 6.45) is 2.69. The molecular weight excluding hydrogens is 394 g/mol. The summed E-state index contributed by atoms with van der Waals surface area (Å²) in [5.41, 5.74) is 4.29. The number of thioether (sulfide) groups is 1. The summed E-state index contributed by atoms with van der Waals surface area (Å²) in [6, 6.07) is 18.3. The van der Waals surface area contributed by atoms with Crippen LogP contribution in [0, 0.1) is 6.92 Å². The number of aryl methyl sites for hydroxylation is 1. The van der Waals surface area contributed by atoms with Gasteiger partial charge in [0.25, 0.3) is 0 Å². The molecule has 4 aromatic rings. The normalized spacial score (nSPS) is 13.4. The molecule has 1 amide bonds. The number of hydrogen-bond acceptors (Lipinski definition) is 5. The maximum atomic E-state index is 12.9. The second-order valence-electron chi connectivity index (χ2n) is 7.33. The lowest BCUT2D eigenvalue weighted by atomic mass is 10.00. The third kappa shape index (κ3) is 3.57. The molecular formula is C23H21N5OS. The fourth-order valence-corrected chi connectivity index (χ4v) is 4.72. The van der Waals surface area contributed by atoms with Gasteiger partial charge in [0.05, 0.1) is 23.0 Å². The number of nitrogens with zero attached hydrogens (tertiary/aromatic N) is 5. The number of rotatable bonds is 4. The van der Waals surface area contributed by atoms with Crippen LogP contribution in [0.3, 0.4) is 0 Å². The van der Waals surface area contributed by atoms with Crippen molar-refractivity contribution in [1.82, 2.24) is 24.6 Å². The van der Waals surface area contributed by atoms with Gasteiger partial charge in [-0.1, -0.05) is 54.2 Å². The Labute approximate surface area is 179 Å². The Morgan fingerprint density at radius 3 is 2.63 bits per heavy atom. The summed E-state index contributed by atoms with van der Waals surface area (Å²) in [5, 5.41) is 6.18. The van der Waals surface area contributed by atoms with Crippen LogP contribution in [0.1, 0.15) is 17.0 Å². The Balaban J connectivity index is 1.36. The third-order valence-electron chi connectivity index (χ3n) is 5.32. The third-order valence-corrected chi connectivity index (χ3v) is 6.30. The van der Waals surface area contributed by atoms with Crippen molar-refractivity contribution in [3.8, 4) is 5.69 Å². The molecule has 0 spiro atoms. The van der Waals surface area contributed by atoms with E-state index in [2.05, 4.69) is 33.3 Å². The molecule has 0 N–H and O–H groups in total. The first-order valence-corrected chi connectivity index (χ1v) is 10.9. The van der Waals surface area contributed by atoms with E-state index in [0.717, 1.165) is 34.7 Å². The first-order valence-electron chi connectivity index (χ1n) is 9.94. The molecule has 0 radical (unpaired) electrons. The molecule has 0 saturated carbocycles. The van der Waals surface area contributed by atoms with Crippen LogP contribution in [0.4, 0.5) is 0 Å². The van der Waals surface area contributed by atoms with Gasteiger partial charge in [0.2, 0.25) is 5.91 Å². The number of aromatic nitrogens is 4. The molecule has 0 atom stereocenters. The highest BCUT2D eigenvalue weighted by atomic mass is 32.2. The van der Waals surface area contributed by atoms with Crippen LogP contribution in [0.2, 0.25) is 0 Å². The van der Waals surface area contributed by atoms with Gasteiger partial charge in [-0.2, -0.15) is 5.10 Å². The van der Waals surface area contributed by atoms with Crippen molar-refractivity contribution in [2.45, 2.75) is 24.9 Å². The molecule has 3 heterocycles. The van der Waals surface area contributed by atoms with Crippen LogP contribution in [0.15, 0.2) is 65.8 Å². The molecule has 0 unspecified atom stereocenters. The van der Waals surface area contributed by atoms with Crippen LogP contribution >= 0.6 is 11.8 Å². The minimum absolute atomic E-state index is 0.134. The van der Waals surface area contributed by atoms with Gasteiger partial charge in [-0.05, 0) is 36.6 Å². The summed E-state index contributed by atoms with van der Waals surface area (Å²) in [6.45, 7) is 3.31. The predicted octanol–water partition coefficient (Wildman–Crippen LogP) is 3.80. The quantitative estimate of drug-likeness (QED) is 0.375. The van der Waals surface area contributed by atoms with E-state index in [1.54, 1.807) is 6.20 Å². The van der Waals surface area contributed by atoms with Crippen molar-refractivity contribution in [1.29, 1.82) is 0 Å². The smallest absolute Gasteiger partial charge is 0.233 e. The van der Waals surface area contributed by atoms with Crippen molar-refractivity contribution < 1.29 is 4.79 Å². The molecule has 7 heteroatoms. The number of carbonyl (C=O) groups excluding carboxylic acids is 1. The zero-order chi connectivity index (χ0) is 20.5. The minimum atomic E-state index is 0.134. The molecule has 5 rings (SSSR count). The van der Waals surface area contributed by atoms with E-state index in [1.165, 1.54) is 22.9 Å². The van der Waals surface area contributed by atoms with E-state index in [-0.39, 0.29) is 5.91 Å². The minimum Gasteiger partial charge on any atom is -0.337 e.